The van der Waals surface area contributed by atoms with Crippen molar-refractivity contribution in [2.75, 3.05) is 0 Å². The number of benzene rings is 9. The minimum atomic E-state index is -0.0446. The first-order valence-electron chi connectivity index (χ1n) is 21.3. The average Bonchev–Trinajstić information content (AvgIpc) is 3.82. The van der Waals surface area contributed by atoms with E-state index >= 15 is 0 Å². The summed E-state index contributed by atoms with van der Waals surface area (Å²) in [5.74, 6) is 0.688. The SMILES string of the molecule is CC1(C)c2ccccc2-c2ccc(-c3ccc4cc(-c5cc(-c6cc(-c7ccccc7)cc(-c7ccc8oc9ccccc9c8c7)c6)nc(-c6ccccc6)n5)ccc4c3)cc21. The zero-order valence-electron chi connectivity index (χ0n) is 34.4. The van der Waals surface area contributed by atoms with E-state index in [1.54, 1.807) is 0 Å². The maximum atomic E-state index is 6.21. The minimum Gasteiger partial charge on any atom is -0.456 e. The van der Waals surface area contributed by atoms with Crippen LogP contribution in [-0.4, -0.2) is 9.97 Å². The molecular formula is C59H40N2O. The summed E-state index contributed by atoms with van der Waals surface area (Å²) in [6.07, 6.45) is 0. The van der Waals surface area contributed by atoms with Crippen molar-refractivity contribution in [2.24, 2.45) is 0 Å². The van der Waals surface area contributed by atoms with Crippen LogP contribution in [0, 0.1) is 0 Å². The van der Waals surface area contributed by atoms with Gasteiger partial charge in [0.05, 0.1) is 11.4 Å². The van der Waals surface area contributed by atoms with Crippen molar-refractivity contribution in [3.05, 3.63) is 217 Å². The molecule has 0 unspecified atom stereocenters. The summed E-state index contributed by atoms with van der Waals surface area (Å²) >= 11 is 0. The van der Waals surface area contributed by atoms with Gasteiger partial charge in [-0.3, -0.25) is 0 Å². The van der Waals surface area contributed by atoms with Crippen molar-refractivity contribution in [3.8, 4) is 78.4 Å². The fourth-order valence-corrected chi connectivity index (χ4v) is 9.57. The smallest absolute Gasteiger partial charge is 0.160 e. The third-order valence-electron chi connectivity index (χ3n) is 12.9. The van der Waals surface area contributed by atoms with Crippen LogP contribution in [0.15, 0.2) is 211 Å². The van der Waals surface area contributed by atoms with Gasteiger partial charge in [0.15, 0.2) is 5.82 Å². The minimum absolute atomic E-state index is 0.0446. The molecule has 0 bridgehead atoms. The normalized spacial score (nSPS) is 12.8. The number of para-hydroxylation sites is 1. The molecule has 0 spiro atoms. The lowest BCUT2D eigenvalue weighted by atomic mass is 9.81. The van der Waals surface area contributed by atoms with Crippen LogP contribution in [0.1, 0.15) is 25.0 Å². The van der Waals surface area contributed by atoms with Crippen LogP contribution in [0.25, 0.3) is 111 Å². The molecular weight excluding hydrogens is 753 g/mol. The van der Waals surface area contributed by atoms with Crippen LogP contribution in [0.4, 0.5) is 0 Å². The van der Waals surface area contributed by atoms with Gasteiger partial charge < -0.3 is 4.42 Å². The lowest BCUT2D eigenvalue weighted by Gasteiger charge is -2.22. The molecule has 0 amide bonds. The van der Waals surface area contributed by atoms with Crippen molar-refractivity contribution < 1.29 is 4.42 Å². The van der Waals surface area contributed by atoms with Crippen LogP contribution < -0.4 is 0 Å². The summed E-state index contributed by atoms with van der Waals surface area (Å²) in [6.45, 7) is 4.68. The molecule has 11 aromatic rings. The monoisotopic (exact) mass is 792 g/mol. The quantitative estimate of drug-likeness (QED) is 0.168. The number of nitrogens with zero attached hydrogens (tertiary/aromatic N) is 2. The Morgan fingerprint density at radius 3 is 1.69 bits per heavy atom. The van der Waals surface area contributed by atoms with E-state index < -0.39 is 0 Å². The summed E-state index contributed by atoms with van der Waals surface area (Å²) in [5.41, 5.74) is 18.9. The zero-order valence-corrected chi connectivity index (χ0v) is 34.4. The Kier molecular flexibility index (Phi) is 8.20. The fourth-order valence-electron chi connectivity index (χ4n) is 9.57. The lowest BCUT2D eigenvalue weighted by Crippen LogP contribution is -2.14. The maximum Gasteiger partial charge on any atom is 0.160 e. The molecule has 9 aromatic carbocycles. The maximum absolute atomic E-state index is 6.21. The highest BCUT2D eigenvalue weighted by molar-refractivity contribution is 6.06. The molecule has 0 radical (unpaired) electrons. The molecule has 0 fully saturated rings. The number of rotatable bonds is 6. The Morgan fingerprint density at radius 1 is 0.339 bits per heavy atom. The van der Waals surface area contributed by atoms with Gasteiger partial charge in [0.2, 0.25) is 0 Å². The molecule has 12 rings (SSSR count). The van der Waals surface area contributed by atoms with Gasteiger partial charge in [0, 0.05) is 32.9 Å². The largest absolute Gasteiger partial charge is 0.456 e. The van der Waals surface area contributed by atoms with Gasteiger partial charge in [0.1, 0.15) is 11.2 Å². The molecule has 0 aliphatic heterocycles. The Labute approximate surface area is 360 Å². The van der Waals surface area contributed by atoms with Gasteiger partial charge in [-0.05, 0) is 127 Å². The molecule has 62 heavy (non-hydrogen) atoms. The number of hydrogen-bond donors (Lipinski definition) is 0. The molecule has 2 heterocycles. The van der Waals surface area contributed by atoms with Gasteiger partial charge in [-0.2, -0.15) is 0 Å². The van der Waals surface area contributed by atoms with E-state index in [1.165, 1.54) is 38.8 Å². The van der Waals surface area contributed by atoms with Crippen LogP contribution >= 0.6 is 0 Å². The first kappa shape index (κ1) is 36.0. The van der Waals surface area contributed by atoms with E-state index in [4.69, 9.17) is 14.4 Å². The Hall–Kier alpha value is -7.88. The first-order chi connectivity index (χ1) is 30.4. The van der Waals surface area contributed by atoms with E-state index in [2.05, 4.69) is 190 Å². The predicted molar refractivity (Wildman–Crippen MR) is 257 cm³/mol. The standard InChI is InChI=1S/C59H40N2O/c1-59(2)52-19-11-9-17-48(52)49-27-25-43(35-53(49)59)40-21-22-41-30-44(24-23-39(41)29-40)54-36-55(61-58(60-54)38-15-7-4-8-16-38)47-32-45(37-13-5-3-6-14-37)31-46(33-47)42-26-28-57-51(34-42)50-18-10-12-20-56(50)62-57/h3-36H,1-2H3. The molecule has 1 aliphatic rings. The zero-order chi connectivity index (χ0) is 41.4. The highest BCUT2D eigenvalue weighted by Crippen LogP contribution is 2.49. The topological polar surface area (TPSA) is 38.9 Å². The molecule has 0 saturated heterocycles. The van der Waals surface area contributed by atoms with E-state index in [0.717, 1.165) is 77.7 Å². The van der Waals surface area contributed by atoms with Crippen molar-refractivity contribution in [3.63, 3.8) is 0 Å². The second-order valence-corrected chi connectivity index (χ2v) is 17.0. The number of fused-ring (bicyclic) bond motifs is 7. The molecule has 3 heteroatoms. The molecule has 292 valence electrons. The molecule has 0 N–H and O–H groups in total. The fraction of sp³-hybridized carbons (Fsp3) is 0.0508. The van der Waals surface area contributed by atoms with E-state index in [0.29, 0.717) is 5.82 Å². The van der Waals surface area contributed by atoms with Gasteiger partial charge >= 0.3 is 0 Å². The van der Waals surface area contributed by atoms with Crippen LogP contribution in [0.3, 0.4) is 0 Å². The molecule has 3 nitrogen and oxygen atoms in total. The summed E-state index contributed by atoms with van der Waals surface area (Å²) in [6, 6.07) is 73.9. The Bertz CT molecular complexity index is 3540. The molecule has 2 aromatic heterocycles. The van der Waals surface area contributed by atoms with Gasteiger partial charge in [-0.25, -0.2) is 9.97 Å². The Morgan fingerprint density at radius 2 is 0.887 bits per heavy atom. The molecule has 1 aliphatic carbocycles. The third kappa shape index (κ3) is 6.04. The van der Waals surface area contributed by atoms with E-state index in [-0.39, 0.29) is 5.41 Å². The van der Waals surface area contributed by atoms with Crippen molar-refractivity contribution in [2.45, 2.75) is 19.3 Å². The third-order valence-corrected chi connectivity index (χ3v) is 12.9. The number of furan rings is 1. The number of aromatic nitrogens is 2. The van der Waals surface area contributed by atoms with Gasteiger partial charge in [-0.15, -0.1) is 0 Å². The van der Waals surface area contributed by atoms with E-state index in [1.807, 2.05) is 30.3 Å². The predicted octanol–water partition coefficient (Wildman–Crippen LogP) is 15.8. The van der Waals surface area contributed by atoms with Crippen molar-refractivity contribution in [1.29, 1.82) is 0 Å². The van der Waals surface area contributed by atoms with Crippen molar-refractivity contribution >= 4 is 32.7 Å². The summed E-state index contributed by atoms with van der Waals surface area (Å²) in [7, 11) is 0. The van der Waals surface area contributed by atoms with Crippen LogP contribution in [-0.2, 0) is 5.41 Å². The molecule has 0 atom stereocenters. The van der Waals surface area contributed by atoms with Crippen LogP contribution in [0.5, 0.6) is 0 Å². The average molecular weight is 793 g/mol. The summed E-state index contributed by atoms with van der Waals surface area (Å²) < 4.78 is 6.21. The lowest BCUT2D eigenvalue weighted by molar-refractivity contribution is 0.660. The Balaban J connectivity index is 0.969. The van der Waals surface area contributed by atoms with Crippen molar-refractivity contribution in [1.82, 2.24) is 9.97 Å². The van der Waals surface area contributed by atoms with Gasteiger partial charge in [0.25, 0.3) is 0 Å². The highest BCUT2D eigenvalue weighted by Gasteiger charge is 2.35. The molecule has 0 saturated carbocycles. The summed E-state index contributed by atoms with van der Waals surface area (Å²) in [5, 5.41) is 4.57. The van der Waals surface area contributed by atoms with Crippen LogP contribution in [0.2, 0.25) is 0 Å². The highest BCUT2D eigenvalue weighted by atomic mass is 16.3. The summed E-state index contributed by atoms with van der Waals surface area (Å²) in [4.78, 5) is 10.5. The second-order valence-electron chi connectivity index (χ2n) is 17.0. The first-order valence-corrected chi connectivity index (χ1v) is 21.3. The van der Waals surface area contributed by atoms with E-state index in [9.17, 15) is 0 Å². The number of hydrogen-bond acceptors (Lipinski definition) is 3. The second kappa shape index (κ2) is 14.1. The van der Waals surface area contributed by atoms with Gasteiger partial charge in [-0.1, -0.05) is 159 Å².